The molecule has 1 N–H and O–H groups in total. The highest BCUT2D eigenvalue weighted by molar-refractivity contribution is 5.96. The third kappa shape index (κ3) is 4.22. The minimum atomic E-state index is -0.551. The summed E-state index contributed by atoms with van der Waals surface area (Å²) in [6, 6.07) is 14.8. The lowest BCUT2D eigenvalue weighted by atomic mass is 10.2. The summed E-state index contributed by atoms with van der Waals surface area (Å²) in [6.45, 7) is 0.123. The van der Waals surface area contributed by atoms with Crippen molar-refractivity contribution >= 4 is 18.1 Å². The van der Waals surface area contributed by atoms with Crippen LogP contribution in [0.1, 0.15) is 26.3 Å². The van der Waals surface area contributed by atoms with E-state index in [2.05, 4.69) is 15.5 Å². The summed E-state index contributed by atoms with van der Waals surface area (Å²) in [5.74, 6) is 0.452. The van der Waals surface area contributed by atoms with Crippen LogP contribution in [0.25, 0.3) is 0 Å². The molecular formula is C21H15N3O5. The number of pyridine rings is 1. The van der Waals surface area contributed by atoms with E-state index >= 15 is 0 Å². The predicted octanol–water partition coefficient (Wildman–Crippen LogP) is 2.79. The molecule has 2 aromatic carbocycles. The van der Waals surface area contributed by atoms with Gasteiger partial charge in [-0.05, 0) is 42.5 Å². The number of aromatic nitrogens is 1. The van der Waals surface area contributed by atoms with Crippen molar-refractivity contribution in [2.24, 2.45) is 5.10 Å². The van der Waals surface area contributed by atoms with E-state index in [1.54, 1.807) is 54.6 Å². The van der Waals surface area contributed by atoms with Crippen molar-refractivity contribution in [2.45, 2.75) is 0 Å². The highest BCUT2D eigenvalue weighted by atomic mass is 16.7. The number of hydrazone groups is 1. The number of ether oxygens (including phenoxy) is 3. The lowest BCUT2D eigenvalue weighted by molar-refractivity contribution is 0.0733. The number of fused-ring (bicyclic) bond motifs is 1. The van der Waals surface area contributed by atoms with E-state index in [-0.39, 0.29) is 12.7 Å². The van der Waals surface area contributed by atoms with Crippen molar-refractivity contribution in [3.63, 3.8) is 0 Å². The number of hydrogen-bond donors (Lipinski definition) is 1. The van der Waals surface area contributed by atoms with E-state index in [0.29, 0.717) is 33.9 Å². The van der Waals surface area contributed by atoms with Crippen LogP contribution in [-0.4, -0.2) is 29.9 Å². The predicted molar refractivity (Wildman–Crippen MR) is 103 cm³/mol. The molecule has 1 aliphatic heterocycles. The monoisotopic (exact) mass is 389 g/mol. The SMILES string of the molecule is O=C(N/N=C\c1ccccc1OC(=O)c1ccc2c(c1)OCO2)c1ccncc1. The Balaban J connectivity index is 1.45. The smallest absolute Gasteiger partial charge is 0.343 e. The third-order valence-corrected chi connectivity index (χ3v) is 4.04. The molecule has 0 bridgehead atoms. The van der Waals surface area contributed by atoms with Crippen molar-refractivity contribution in [1.82, 2.24) is 10.4 Å². The summed E-state index contributed by atoms with van der Waals surface area (Å²) in [5, 5.41) is 3.93. The van der Waals surface area contributed by atoms with Gasteiger partial charge in [0.15, 0.2) is 11.5 Å². The standard InChI is InChI=1S/C21H15N3O5/c25-20(14-7-9-22-10-8-14)24-23-12-16-3-1-2-4-17(16)29-21(26)15-5-6-18-19(11-15)28-13-27-18/h1-12H,13H2,(H,24,25)/b23-12-. The molecule has 4 rings (SSSR count). The largest absolute Gasteiger partial charge is 0.454 e. The highest BCUT2D eigenvalue weighted by Crippen LogP contribution is 2.32. The summed E-state index contributed by atoms with van der Waals surface area (Å²) in [4.78, 5) is 28.4. The van der Waals surface area contributed by atoms with Crippen molar-refractivity contribution in [3.05, 3.63) is 83.7 Å². The molecule has 0 aliphatic carbocycles. The second-order valence-corrected chi connectivity index (χ2v) is 5.93. The fourth-order valence-electron chi connectivity index (χ4n) is 2.59. The van der Waals surface area contributed by atoms with Gasteiger partial charge in [-0.1, -0.05) is 12.1 Å². The van der Waals surface area contributed by atoms with Gasteiger partial charge >= 0.3 is 5.97 Å². The quantitative estimate of drug-likeness (QED) is 0.312. The summed E-state index contributed by atoms with van der Waals surface area (Å²) in [7, 11) is 0. The normalized spacial score (nSPS) is 12.0. The maximum atomic E-state index is 12.5. The Morgan fingerprint density at radius 1 is 1.00 bits per heavy atom. The Hall–Kier alpha value is -4.20. The first-order chi connectivity index (χ1) is 14.2. The number of para-hydroxylation sites is 1. The first-order valence-corrected chi connectivity index (χ1v) is 8.65. The van der Waals surface area contributed by atoms with Gasteiger partial charge in [-0.25, -0.2) is 10.2 Å². The van der Waals surface area contributed by atoms with Crippen LogP contribution >= 0.6 is 0 Å². The number of nitrogens with zero attached hydrogens (tertiary/aromatic N) is 2. The molecule has 144 valence electrons. The number of amides is 1. The summed E-state index contributed by atoms with van der Waals surface area (Å²) >= 11 is 0. The van der Waals surface area contributed by atoms with Gasteiger partial charge in [0, 0.05) is 23.5 Å². The fraction of sp³-hybridized carbons (Fsp3) is 0.0476. The van der Waals surface area contributed by atoms with Gasteiger partial charge in [-0.2, -0.15) is 5.10 Å². The number of carbonyl (C=O) groups is 2. The zero-order chi connectivity index (χ0) is 20.1. The van der Waals surface area contributed by atoms with Gasteiger partial charge in [0.2, 0.25) is 6.79 Å². The van der Waals surface area contributed by atoms with Crippen LogP contribution in [0.15, 0.2) is 72.1 Å². The van der Waals surface area contributed by atoms with Crippen molar-refractivity contribution in [2.75, 3.05) is 6.79 Å². The summed E-state index contributed by atoms with van der Waals surface area (Å²) in [6.07, 6.45) is 4.44. The van der Waals surface area contributed by atoms with Crippen molar-refractivity contribution < 1.29 is 23.8 Å². The highest BCUT2D eigenvalue weighted by Gasteiger charge is 2.18. The molecule has 0 fully saturated rings. The van der Waals surface area contributed by atoms with Crippen LogP contribution in [0.3, 0.4) is 0 Å². The van der Waals surface area contributed by atoms with Crippen LogP contribution in [0.5, 0.6) is 17.2 Å². The van der Waals surface area contributed by atoms with Crippen molar-refractivity contribution in [3.8, 4) is 17.2 Å². The Morgan fingerprint density at radius 3 is 2.66 bits per heavy atom. The Morgan fingerprint density at radius 2 is 1.79 bits per heavy atom. The van der Waals surface area contributed by atoms with Crippen LogP contribution in [0, 0.1) is 0 Å². The zero-order valence-corrected chi connectivity index (χ0v) is 15.1. The van der Waals surface area contributed by atoms with E-state index in [0.717, 1.165) is 0 Å². The maximum absolute atomic E-state index is 12.5. The van der Waals surface area contributed by atoms with Gasteiger partial charge < -0.3 is 14.2 Å². The molecule has 3 aromatic rings. The minimum absolute atomic E-state index is 0.123. The fourth-order valence-corrected chi connectivity index (χ4v) is 2.59. The van der Waals surface area contributed by atoms with Crippen LogP contribution < -0.4 is 19.6 Å². The molecule has 2 heterocycles. The zero-order valence-electron chi connectivity index (χ0n) is 15.1. The molecule has 0 saturated heterocycles. The molecule has 1 amide bonds. The molecule has 1 aliphatic rings. The van der Waals surface area contributed by atoms with Crippen molar-refractivity contribution in [1.29, 1.82) is 0 Å². The number of rotatable bonds is 5. The molecular weight excluding hydrogens is 374 g/mol. The first-order valence-electron chi connectivity index (χ1n) is 8.65. The third-order valence-electron chi connectivity index (χ3n) is 4.04. The molecule has 8 nitrogen and oxygen atoms in total. The van der Waals surface area contributed by atoms with E-state index in [1.165, 1.54) is 18.6 Å². The molecule has 1 aromatic heterocycles. The first kappa shape index (κ1) is 18.2. The number of hydrogen-bond acceptors (Lipinski definition) is 7. The average Bonchev–Trinajstić information content (AvgIpc) is 3.23. The summed E-state index contributed by atoms with van der Waals surface area (Å²) < 4.78 is 16.0. The molecule has 8 heteroatoms. The van der Waals surface area contributed by atoms with Gasteiger partial charge in [-0.15, -0.1) is 0 Å². The molecule has 29 heavy (non-hydrogen) atoms. The molecule has 0 spiro atoms. The summed E-state index contributed by atoms with van der Waals surface area (Å²) in [5.41, 5.74) is 3.70. The Bertz CT molecular complexity index is 1080. The number of nitrogens with one attached hydrogen (secondary N) is 1. The Kier molecular flexibility index (Phi) is 5.15. The van der Waals surface area contributed by atoms with Gasteiger partial charge in [0.1, 0.15) is 5.75 Å². The van der Waals surface area contributed by atoms with E-state index in [9.17, 15) is 9.59 Å². The second kappa shape index (κ2) is 8.22. The van der Waals surface area contributed by atoms with Crippen LogP contribution in [-0.2, 0) is 0 Å². The molecule has 0 atom stereocenters. The number of benzene rings is 2. The van der Waals surface area contributed by atoms with E-state index in [1.807, 2.05) is 0 Å². The van der Waals surface area contributed by atoms with Gasteiger partial charge in [0.25, 0.3) is 5.91 Å². The van der Waals surface area contributed by atoms with Crippen LogP contribution in [0.4, 0.5) is 0 Å². The van der Waals surface area contributed by atoms with Gasteiger partial charge in [-0.3, -0.25) is 9.78 Å². The molecule has 0 unspecified atom stereocenters. The van der Waals surface area contributed by atoms with E-state index in [4.69, 9.17) is 14.2 Å². The molecule has 0 radical (unpaired) electrons. The van der Waals surface area contributed by atoms with E-state index < -0.39 is 5.97 Å². The van der Waals surface area contributed by atoms with Gasteiger partial charge in [0.05, 0.1) is 11.8 Å². The second-order valence-electron chi connectivity index (χ2n) is 5.93. The minimum Gasteiger partial charge on any atom is -0.454 e. The molecule has 0 saturated carbocycles. The Labute approximate surface area is 165 Å². The maximum Gasteiger partial charge on any atom is 0.343 e. The lowest BCUT2D eigenvalue weighted by Gasteiger charge is -2.08. The lowest BCUT2D eigenvalue weighted by Crippen LogP contribution is -2.17. The van der Waals surface area contributed by atoms with Crippen LogP contribution in [0.2, 0.25) is 0 Å². The topological polar surface area (TPSA) is 99.1 Å². The number of carbonyl (C=O) groups excluding carboxylic acids is 2. The average molecular weight is 389 g/mol. The number of esters is 1.